The van der Waals surface area contributed by atoms with E-state index in [2.05, 4.69) is 4.98 Å². The van der Waals surface area contributed by atoms with Gasteiger partial charge in [-0.1, -0.05) is 12.1 Å². The Hall–Kier alpha value is -2.56. The van der Waals surface area contributed by atoms with Crippen molar-refractivity contribution in [2.45, 2.75) is 51.0 Å². The fourth-order valence-electron chi connectivity index (χ4n) is 4.03. The molecule has 1 atom stereocenters. The molecule has 1 saturated carbocycles. The molecule has 5 heteroatoms. The minimum atomic E-state index is 0.00215. The molecule has 3 heterocycles. The number of nitrogens with zero attached hydrogens (tertiary/aromatic N) is 2. The predicted molar refractivity (Wildman–Crippen MR) is 99.1 cm³/mol. The highest BCUT2D eigenvalue weighted by Crippen LogP contribution is 2.42. The number of nitrogens with one attached hydrogen (secondary N) is 1. The number of para-hydroxylation sites is 2. The number of amides is 1. The van der Waals surface area contributed by atoms with Gasteiger partial charge in [-0.15, -0.1) is 0 Å². The molecule has 1 amide bonds. The lowest BCUT2D eigenvalue weighted by Gasteiger charge is -2.34. The second-order valence-corrected chi connectivity index (χ2v) is 7.54. The number of hydrogen-bond acceptors (Lipinski definition) is 3. The molecule has 1 aliphatic carbocycles. The van der Waals surface area contributed by atoms with E-state index in [1.165, 1.54) is 12.8 Å². The van der Waals surface area contributed by atoms with E-state index < -0.39 is 0 Å². The van der Waals surface area contributed by atoms with Gasteiger partial charge in [0.05, 0.1) is 22.6 Å². The van der Waals surface area contributed by atoms with E-state index in [0.717, 1.165) is 59.7 Å². The molecule has 0 bridgehead atoms. The largest absolute Gasteiger partial charge is 0.465 e. The molecule has 5 nitrogen and oxygen atoms in total. The first-order valence-corrected chi connectivity index (χ1v) is 9.56. The number of H-pyrrole nitrogens is 1. The van der Waals surface area contributed by atoms with Crippen LogP contribution in [-0.4, -0.2) is 27.3 Å². The number of benzene rings is 1. The summed E-state index contributed by atoms with van der Waals surface area (Å²) in [6.45, 7) is 2.67. The Bertz CT molecular complexity index is 934. The molecular weight excluding hydrogens is 326 g/mol. The second-order valence-electron chi connectivity index (χ2n) is 7.54. The summed E-state index contributed by atoms with van der Waals surface area (Å²) in [7, 11) is 0. The predicted octanol–water partition coefficient (Wildman–Crippen LogP) is 4.71. The number of likely N-dealkylation sites (tertiary alicyclic amines) is 1. The van der Waals surface area contributed by atoms with E-state index in [0.29, 0.717) is 5.92 Å². The number of aromatic amines is 1. The van der Waals surface area contributed by atoms with E-state index >= 15 is 0 Å². The van der Waals surface area contributed by atoms with Crippen molar-refractivity contribution in [2.24, 2.45) is 0 Å². The Morgan fingerprint density at radius 2 is 2.08 bits per heavy atom. The maximum atomic E-state index is 13.3. The first-order valence-electron chi connectivity index (χ1n) is 9.56. The summed E-state index contributed by atoms with van der Waals surface area (Å²) in [6.07, 6.45) is 5.44. The molecular formula is C21H23N3O2. The van der Waals surface area contributed by atoms with Gasteiger partial charge in [0, 0.05) is 12.5 Å². The maximum Gasteiger partial charge on any atom is 0.258 e. The first-order chi connectivity index (χ1) is 12.7. The minimum Gasteiger partial charge on any atom is -0.465 e. The summed E-state index contributed by atoms with van der Waals surface area (Å²) >= 11 is 0. The average molecular weight is 349 g/mol. The van der Waals surface area contributed by atoms with Gasteiger partial charge in [-0.2, -0.15) is 0 Å². The molecule has 5 rings (SSSR count). The monoisotopic (exact) mass is 349 g/mol. The van der Waals surface area contributed by atoms with Gasteiger partial charge in [-0.05, 0) is 57.2 Å². The maximum absolute atomic E-state index is 13.3. The number of carbonyl (C=O) groups is 1. The molecule has 1 saturated heterocycles. The van der Waals surface area contributed by atoms with Crippen LogP contribution in [0.2, 0.25) is 0 Å². The lowest BCUT2D eigenvalue weighted by Crippen LogP contribution is -2.39. The highest BCUT2D eigenvalue weighted by atomic mass is 16.3. The average Bonchev–Trinajstić information content (AvgIpc) is 3.31. The van der Waals surface area contributed by atoms with Crippen molar-refractivity contribution in [1.29, 1.82) is 0 Å². The van der Waals surface area contributed by atoms with Crippen LogP contribution in [-0.2, 0) is 0 Å². The van der Waals surface area contributed by atoms with Crippen LogP contribution in [0.15, 0.2) is 34.7 Å². The molecule has 0 spiro atoms. The number of rotatable bonds is 3. The normalized spacial score (nSPS) is 20.7. The van der Waals surface area contributed by atoms with Crippen LogP contribution < -0.4 is 0 Å². The van der Waals surface area contributed by atoms with Gasteiger partial charge < -0.3 is 14.3 Å². The fraction of sp³-hybridized carbons (Fsp3) is 0.429. The van der Waals surface area contributed by atoms with Crippen molar-refractivity contribution >= 4 is 16.9 Å². The van der Waals surface area contributed by atoms with E-state index in [-0.39, 0.29) is 11.9 Å². The van der Waals surface area contributed by atoms with E-state index in [9.17, 15) is 4.79 Å². The number of fused-ring (bicyclic) bond motifs is 1. The highest BCUT2D eigenvalue weighted by Gasteiger charge is 2.34. The zero-order valence-corrected chi connectivity index (χ0v) is 15.0. The van der Waals surface area contributed by atoms with Crippen molar-refractivity contribution < 1.29 is 9.21 Å². The van der Waals surface area contributed by atoms with Gasteiger partial charge in [0.2, 0.25) is 0 Å². The molecule has 3 aromatic rings. The van der Waals surface area contributed by atoms with Crippen molar-refractivity contribution in [3.05, 3.63) is 53.2 Å². The molecule has 1 unspecified atom stereocenters. The molecule has 1 aliphatic heterocycles. The number of carbonyl (C=O) groups excluding carboxylic acids is 1. The van der Waals surface area contributed by atoms with Gasteiger partial charge >= 0.3 is 0 Å². The van der Waals surface area contributed by atoms with Gasteiger partial charge in [0.25, 0.3) is 5.91 Å². The Labute approximate surface area is 152 Å². The standard InChI is InChI=1S/C21H23N3O2/c1-13-15(12-19(26-13)14-9-10-14)21(25)24-11-5-4-8-18(24)20-22-16-6-2-3-7-17(16)23-20/h2-3,6-7,12,14,18H,4-5,8-11H2,1H3,(H,22,23). The number of aromatic nitrogens is 2. The molecule has 2 aromatic heterocycles. The fourth-order valence-corrected chi connectivity index (χ4v) is 4.03. The van der Waals surface area contributed by atoms with Crippen LogP contribution in [0, 0.1) is 6.92 Å². The van der Waals surface area contributed by atoms with E-state index in [4.69, 9.17) is 9.40 Å². The Morgan fingerprint density at radius 1 is 1.23 bits per heavy atom. The smallest absolute Gasteiger partial charge is 0.258 e. The third kappa shape index (κ3) is 2.62. The Kier molecular flexibility index (Phi) is 3.62. The summed E-state index contributed by atoms with van der Waals surface area (Å²) in [4.78, 5) is 23.5. The number of hydrogen-bond donors (Lipinski definition) is 1. The number of piperidine rings is 1. The van der Waals surface area contributed by atoms with Gasteiger partial charge in [0.15, 0.2) is 0 Å². The highest BCUT2D eigenvalue weighted by molar-refractivity contribution is 5.95. The van der Waals surface area contributed by atoms with Crippen LogP contribution >= 0.6 is 0 Å². The summed E-state index contributed by atoms with van der Waals surface area (Å²) in [5.74, 6) is 3.20. The van der Waals surface area contributed by atoms with E-state index in [1.54, 1.807) is 0 Å². The van der Waals surface area contributed by atoms with Crippen LogP contribution in [0.1, 0.15) is 71.8 Å². The zero-order chi connectivity index (χ0) is 17.7. The van der Waals surface area contributed by atoms with Crippen molar-refractivity contribution in [1.82, 2.24) is 14.9 Å². The van der Waals surface area contributed by atoms with Gasteiger partial charge in [-0.3, -0.25) is 4.79 Å². The lowest BCUT2D eigenvalue weighted by atomic mass is 10.00. The topological polar surface area (TPSA) is 62.1 Å². The summed E-state index contributed by atoms with van der Waals surface area (Å²) in [5, 5.41) is 0. The van der Waals surface area contributed by atoms with Crippen LogP contribution in [0.3, 0.4) is 0 Å². The summed E-state index contributed by atoms with van der Waals surface area (Å²) in [5.41, 5.74) is 2.70. The molecule has 0 radical (unpaired) electrons. The van der Waals surface area contributed by atoms with Crippen molar-refractivity contribution in [3.8, 4) is 0 Å². The number of imidazole rings is 1. The third-order valence-electron chi connectivity index (χ3n) is 5.63. The zero-order valence-electron chi connectivity index (χ0n) is 15.0. The molecule has 1 N–H and O–H groups in total. The SMILES string of the molecule is Cc1oc(C2CC2)cc1C(=O)N1CCCCC1c1nc2ccccc2[nH]1. The number of aryl methyl sites for hydroxylation is 1. The molecule has 134 valence electrons. The van der Waals surface area contributed by atoms with Crippen LogP contribution in [0.5, 0.6) is 0 Å². The lowest BCUT2D eigenvalue weighted by molar-refractivity contribution is 0.0599. The van der Waals surface area contributed by atoms with Crippen LogP contribution in [0.25, 0.3) is 11.0 Å². The Balaban J connectivity index is 1.48. The third-order valence-corrected chi connectivity index (χ3v) is 5.63. The molecule has 2 aliphatic rings. The second kappa shape index (κ2) is 6.01. The van der Waals surface area contributed by atoms with Gasteiger partial charge in [0.1, 0.15) is 17.3 Å². The van der Waals surface area contributed by atoms with E-state index in [1.807, 2.05) is 42.2 Å². The van der Waals surface area contributed by atoms with Gasteiger partial charge in [-0.25, -0.2) is 4.98 Å². The molecule has 1 aromatic carbocycles. The minimum absolute atomic E-state index is 0.00215. The molecule has 2 fully saturated rings. The van der Waals surface area contributed by atoms with Crippen LogP contribution in [0.4, 0.5) is 0 Å². The quantitative estimate of drug-likeness (QED) is 0.745. The first kappa shape index (κ1) is 15.7. The van der Waals surface area contributed by atoms with Crippen molar-refractivity contribution in [2.75, 3.05) is 6.54 Å². The molecule has 26 heavy (non-hydrogen) atoms. The number of furan rings is 1. The summed E-state index contributed by atoms with van der Waals surface area (Å²) < 4.78 is 5.87. The van der Waals surface area contributed by atoms with Crippen molar-refractivity contribution in [3.63, 3.8) is 0 Å². The summed E-state index contributed by atoms with van der Waals surface area (Å²) in [6, 6.07) is 10.0. The Morgan fingerprint density at radius 3 is 2.88 bits per heavy atom.